The lowest BCUT2D eigenvalue weighted by Gasteiger charge is -2.08. The van der Waals surface area contributed by atoms with Gasteiger partial charge in [-0.3, -0.25) is 4.79 Å². The molecule has 25 heavy (non-hydrogen) atoms. The summed E-state index contributed by atoms with van der Waals surface area (Å²) in [5, 5.41) is 55.2. The van der Waals surface area contributed by atoms with Gasteiger partial charge in [0, 0.05) is 24.3 Å². The highest BCUT2D eigenvalue weighted by Gasteiger charge is 2.19. The van der Waals surface area contributed by atoms with E-state index >= 15 is 0 Å². The summed E-state index contributed by atoms with van der Waals surface area (Å²) in [6, 6.07) is 5.64. The van der Waals surface area contributed by atoms with Crippen LogP contribution in [0.25, 0.3) is 22.3 Å². The van der Waals surface area contributed by atoms with Crippen molar-refractivity contribution in [3.05, 3.63) is 40.6 Å². The summed E-state index contributed by atoms with van der Waals surface area (Å²) >= 11 is 0. The molecule has 1 aromatic heterocycles. The maximum absolute atomic E-state index is 12.1. The summed E-state index contributed by atoms with van der Waals surface area (Å²) in [7, 11) is 0. The van der Waals surface area contributed by atoms with E-state index in [1.807, 2.05) is 0 Å². The Hall–Kier alpha value is -3.39. The minimum atomic E-state index is -0.888. The normalized spacial score (nSPS) is 10.3. The quantitative estimate of drug-likeness (QED) is 0.365. The molecule has 0 spiro atoms. The van der Waals surface area contributed by atoms with Gasteiger partial charge in [-0.15, -0.1) is 0 Å². The summed E-state index contributed by atoms with van der Waals surface area (Å²) in [5.41, 5.74) is -0.890. The van der Waals surface area contributed by atoms with Gasteiger partial charge in [-0.1, -0.05) is 0 Å². The van der Waals surface area contributed by atoms with E-state index in [-0.39, 0.29) is 40.4 Å². The molecule has 0 aliphatic rings. The Morgan fingerprint density at radius 3 is 2.16 bits per heavy atom. The molecule has 0 aliphatic heterocycles. The fourth-order valence-corrected chi connectivity index (χ4v) is 2.14. The Bertz CT molecular complexity index is 975. The van der Waals surface area contributed by atoms with E-state index in [1.165, 1.54) is 6.07 Å². The van der Waals surface area contributed by atoms with Crippen LogP contribution in [0.1, 0.15) is 6.92 Å². The van der Waals surface area contributed by atoms with Gasteiger partial charge in [-0.25, -0.2) is 0 Å². The number of aromatic hydroxyl groups is 5. The number of hydrogen-bond acceptors (Lipinski definition) is 8. The van der Waals surface area contributed by atoms with Crippen LogP contribution in [0, 0.1) is 0 Å². The van der Waals surface area contributed by atoms with Crippen molar-refractivity contribution in [2.45, 2.75) is 6.92 Å². The van der Waals surface area contributed by atoms with Crippen LogP contribution in [0.4, 0.5) is 0 Å². The molecule has 0 aliphatic carbocycles. The van der Waals surface area contributed by atoms with Gasteiger partial charge < -0.3 is 35.1 Å². The number of fused-ring (bicyclic) bond motifs is 1. The van der Waals surface area contributed by atoms with Crippen molar-refractivity contribution in [2.75, 3.05) is 6.61 Å². The van der Waals surface area contributed by atoms with Gasteiger partial charge in [0.2, 0.25) is 11.2 Å². The fourth-order valence-electron chi connectivity index (χ4n) is 2.14. The van der Waals surface area contributed by atoms with Crippen LogP contribution in [-0.4, -0.2) is 37.2 Å². The highest BCUT2D eigenvalue weighted by Crippen LogP contribution is 2.37. The van der Waals surface area contributed by atoms with E-state index in [0.29, 0.717) is 0 Å². The fraction of sp³-hybridized carbons (Fsp3) is 0.118. The molecule has 8 nitrogen and oxygen atoms in total. The van der Waals surface area contributed by atoms with Crippen molar-refractivity contribution in [3.63, 3.8) is 0 Å². The molecule has 0 atom stereocenters. The van der Waals surface area contributed by atoms with Crippen molar-refractivity contribution in [2.24, 2.45) is 0 Å². The molecule has 1 heterocycles. The Labute approximate surface area is 141 Å². The van der Waals surface area contributed by atoms with Crippen molar-refractivity contribution in [1.82, 2.24) is 0 Å². The standard InChI is InChI=1S/C15H10O7.C2H6O/c16-7-4-10(19)12-11(5-7)22-15(14(21)13(12)20)6-1-2-8(17)9(18)3-6;1-2-3/h1-5,16-19,21H;3H,2H2,1H3. The van der Waals surface area contributed by atoms with Gasteiger partial charge in [0.25, 0.3) is 0 Å². The first kappa shape index (κ1) is 18.0. The van der Waals surface area contributed by atoms with Crippen LogP contribution in [0.5, 0.6) is 28.7 Å². The second-order valence-electron chi connectivity index (χ2n) is 4.97. The highest BCUT2D eigenvalue weighted by atomic mass is 16.4. The van der Waals surface area contributed by atoms with Gasteiger partial charge in [0.1, 0.15) is 22.5 Å². The Balaban J connectivity index is 0.000000701. The van der Waals surface area contributed by atoms with Gasteiger partial charge in [0.15, 0.2) is 17.3 Å². The molecule has 0 saturated carbocycles. The van der Waals surface area contributed by atoms with Gasteiger partial charge in [-0.2, -0.15) is 0 Å². The molecular weight excluding hydrogens is 332 g/mol. The molecule has 3 rings (SSSR count). The van der Waals surface area contributed by atoms with Crippen LogP contribution >= 0.6 is 0 Å². The summed E-state index contributed by atoms with van der Waals surface area (Å²) in [4.78, 5) is 12.1. The predicted molar refractivity (Wildman–Crippen MR) is 89.0 cm³/mol. The van der Waals surface area contributed by atoms with E-state index in [1.54, 1.807) is 6.92 Å². The summed E-state index contributed by atoms with van der Waals surface area (Å²) in [5.74, 6) is -2.71. The number of aliphatic hydroxyl groups is 1. The van der Waals surface area contributed by atoms with E-state index in [0.717, 1.165) is 24.3 Å². The average molecular weight is 348 g/mol. The number of phenols is 4. The van der Waals surface area contributed by atoms with Gasteiger partial charge in [-0.05, 0) is 25.1 Å². The van der Waals surface area contributed by atoms with Gasteiger partial charge >= 0.3 is 0 Å². The molecule has 6 N–H and O–H groups in total. The van der Waals surface area contributed by atoms with Crippen molar-refractivity contribution in [3.8, 4) is 40.1 Å². The molecular formula is C17H16O8. The zero-order valence-electron chi connectivity index (χ0n) is 13.1. The van der Waals surface area contributed by atoms with E-state index in [2.05, 4.69) is 0 Å². The van der Waals surface area contributed by atoms with Crippen molar-refractivity contribution >= 4 is 11.0 Å². The zero-order chi connectivity index (χ0) is 18.7. The minimum Gasteiger partial charge on any atom is -0.508 e. The number of benzene rings is 2. The molecule has 0 bridgehead atoms. The molecule has 0 fully saturated rings. The molecule has 2 aromatic carbocycles. The third-order valence-electron chi connectivity index (χ3n) is 3.17. The largest absolute Gasteiger partial charge is 0.508 e. The lowest BCUT2D eigenvalue weighted by atomic mass is 10.1. The third kappa shape index (κ3) is 3.43. The van der Waals surface area contributed by atoms with E-state index < -0.39 is 22.7 Å². The van der Waals surface area contributed by atoms with Crippen LogP contribution in [0.15, 0.2) is 39.5 Å². The smallest absolute Gasteiger partial charge is 0.238 e. The van der Waals surface area contributed by atoms with Crippen LogP contribution < -0.4 is 5.43 Å². The summed E-state index contributed by atoms with van der Waals surface area (Å²) < 4.78 is 5.35. The molecule has 8 heteroatoms. The SMILES string of the molecule is CCO.O=c1c(O)c(-c2ccc(O)c(O)c2)oc2cc(O)cc(O)c12. The van der Waals surface area contributed by atoms with E-state index in [9.17, 15) is 30.3 Å². The lowest BCUT2D eigenvalue weighted by Crippen LogP contribution is -2.02. The maximum atomic E-state index is 12.1. The number of phenolic OH excluding ortho intramolecular Hbond substituents is 4. The second kappa shape index (κ2) is 7.02. The first-order valence-corrected chi connectivity index (χ1v) is 7.15. The molecule has 0 unspecified atom stereocenters. The van der Waals surface area contributed by atoms with Crippen LogP contribution in [0.2, 0.25) is 0 Å². The minimum absolute atomic E-state index is 0.134. The zero-order valence-corrected chi connectivity index (χ0v) is 13.1. The number of hydrogen-bond donors (Lipinski definition) is 6. The average Bonchev–Trinajstić information content (AvgIpc) is 2.53. The monoisotopic (exact) mass is 348 g/mol. The Morgan fingerprint density at radius 2 is 1.56 bits per heavy atom. The summed E-state index contributed by atoms with van der Waals surface area (Å²) in [6.45, 7) is 1.93. The van der Waals surface area contributed by atoms with Crippen LogP contribution in [0.3, 0.4) is 0 Å². The first-order chi connectivity index (χ1) is 11.8. The molecule has 0 amide bonds. The summed E-state index contributed by atoms with van der Waals surface area (Å²) in [6.07, 6.45) is 0. The Morgan fingerprint density at radius 1 is 0.920 bits per heavy atom. The predicted octanol–water partition coefficient (Wildman–Crippen LogP) is 1.99. The Kier molecular flexibility index (Phi) is 5.04. The van der Waals surface area contributed by atoms with E-state index in [4.69, 9.17) is 9.52 Å². The maximum Gasteiger partial charge on any atom is 0.238 e. The highest BCUT2D eigenvalue weighted by molar-refractivity contribution is 5.88. The second-order valence-corrected chi connectivity index (χ2v) is 4.97. The lowest BCUT2D eigenvalue weighted by molar-refractivity contribution is 0.318. The molecule has 3 aromatic rings. The number of aliphatic hydroxyl groups excluding tert-OH is 1. The van der Waals surface area contributed by atoms with Crippen molar-refractivity contribution in [1.29, 1.82) is 0 Å². The van der Waals surface area contributed by atoms with Gasteiger partial charge in [0.05, 0.1) is 0 Å². The van der Waals surface area contributed by atoms with Crippen LogP contribution in [-0.2, 0) is 0 Å². The molecule has 0 saturated heterocycles. The van der Waals surface area contributed by atoms with Crippen molar-refractivity contribution < 1.29 is 35.1 Å². The number of rotatable bonds is 1. The third-order valence-corrected chi connectivity index (χ3v) is 3.17. The molecule has 0 radical (unpaired) electrons. The topological polar surface area (TPSA) is 152 Å². The first-order valence-electron chi connectivity index (χ1n) is 7.15. The molecule has 132 valence electrons.